The molecule has 0 atom stereocenters. The van der Waals surface area contributed by atoms with E-state index in [2.05, 4.69) is 10.2 Å². The Morgan fingerprint density at radius 1 is 1.00 bits per heavy atom. The van der Waals surface area contributed by atoms with Crippen LogP contribution in [0.4, 0.5) is 8.78 Å². The Morgan fingerprint density at radius 2 is 1.72 bits per heavy atom. The topological polar surface area (TPSA) is 76.3 Å². The van der Waals surface area contributed by atoms with E-state index in [1.807, 2.05) is 0 Å². The zero-order valence-electron chi connectivity index (χ0n) is 15.5. The molecule has 2 aromatic carbocycles. The molecule has 1 aliphatic rings. The van der Waals surface area contributed by atoms with Crippen molar-refractivity contribution in [1.82, 2.24) is 14.5 Å². The third-order valence-electron chi connectivity index (χ3n) is 4.97. The highest BCUT2D eigenvalue weighted by Crippen LogP contribution is 2.31. The monoisotopic (exact) mass is 419 g/mol. The Kier molecular flexibility index (Phi) is 5.42. The first kappa shape index (κ1) is 19.7. The number of sulfonamides is 1. The molecule has 0 saturated carbocycles. The molecule has 1 saturated heterocycles. The Bertz CT molecular complexity index is 1090. The van der Waals surface area contributed by atoms with Crippen LogP contribution in [0.3, 0.4) is 0 Å². The first-order valence-electron chi connectivity index (χ1n) is 9.22. The molecule has 4 rings (SSSR count). The average Bonchev–Trinajstić information content (AvgIpc) is 3.18. The summed E-state index contributed by atoms with van der Waals surface area (Å²) in [4.78, 5) is 0. The lowest BCUT2D eigenvalue weighted by atomic mass is 9.98. The zero-order valence-corrected chi connectivity index (χ0v) is 16.3. The Morgan fingerprint density at radius 3 is 2.41 bits per heavy atom. The zero-order chi connectivity index (χ0) is 20.4. The number of nitrogens with zero attached hydrogens (tertiary/aromatic N) is 3. The van der Waals surface area contributed by atoms with E-state index in [1.54, 1.807) is 18.2 Å². The molecular formula is C20H19F2N3O3S. The van der Waals surface area contributed by atoms with Gasteiger partial charge in [0.2, 0.25) is 21.8 Å². The number of aromatic nitrogens is 2. The summed E-state index contributed by atoms with van der Waals surface area (Å²) in [5.41, 5.74) is 1.05. The molecule has 152 valence electrons. The van der Waals surface area contributed by atoms with E-state index in [-0.39, 0.29) is 17.5 Å². The van der Waals surface area contributed by atoms with Crippen molar-refractivity contribution in [2.75, 3.05) is 13.1 Å². The number of rotatable bonds is 5. The van der Waals surface area contributed by atoms with Crippen molar-refractivity contribution >= 4 is 10.0 Å². The molecule has 29 heavy (non-hydrogen) atoms. The van der Waals surface area contributed by atoms with Crippen molar-refractivity contribution in [1.29, 1.82) is 0 Å². The van der Waals surface area contributed by atoms with Gasteiger partial charge < -0.3 is 4.42 Å². The van der Waals surface area contributed by atoms with Gasteiger partial charge in [0.15, 0.2) is 0 Å². The highest BCUT2D eigenvalue weighted by molar-refractivity contribution is 7.88. The molecule has 0 radical (unpaired) electrons. The van der Waals surface area contributed by atoms with Crippen molar-refractivity contribution < 1.29 is 21.6 Å². The van der Waals surface area contributed by atoms with Gasteiger partial charge in [-0.1, -0.05) is 12.1 Å². The number of piperidine rings is 1. The molecule has 0 bridgehead atoms. The SMILES string of the molecule is O=S(=O)(Cc1cccc(F)c1)N1CCC(c2nnc(-c3ccc(F)cc3)o2)CC1. The van der Waals surface area contributed by atoms with Gasteiger partial charge in [-0.05, 0) is 54.8 Å². The summed E-state index contributed by atoms with van der Waals surface area (Å²) in [6, 6.07) is 11.4. The van der Waals surface area contributed by atoms with E-state index < -0.39 is 15.8 Å². The molecule has 6 nitrogen and oxygen atoms in total. The summed E-state index contributed by atoms with van der Waals surface area (Å²) in [6.07, 6.45) is 1.10. The number of halogens is 2. The molecule has 1 aromatic heterocycles. The van der Waals surface area contributed by atoms with Gasteiger partial charge in [0.25, 0.3) is 0 Å². The van der Waals surface area contributed by atoms with E-state index >= 15 is 0 Å². The van der Waals surface area contributed by atoms with E-state index in [1.165, 1.54) is 34.6 Å². The number of hydrogen-bond donors (Lipinski definition) is 0. The third kappa shape index (κ3) is 4.51. The summed E-state index contributed by atoms with van der Waals surface area (Å²) in [7, 11) is -3.54. The smallest absolute Gasteiger partial charge is 0.247 e. The predicted octanol–water partition coefficient (Wildman–Crippen LogP) is 3.72. The summed E-state index contributed by atoms with van der Waals surface area (Å²) in [5.74, 6) is -0.319. The van der Waals surface area contributed by atoms with Crippen LogP contribution in [-0.4, -0.2) is 36.0 Å². The van der Waals surface area contributed by atoms with Crippen molar-refractivity contribution in [3.63, 3.8) is 0 Å². The highest BCUT2D eigenvalue weighted by Gasteiger charge is 2.31. The average molecular weight is 419 g/mol. The Hall–Kier alpha value is -2.65. The fourth-order valence-corrected chi connectivity index (χ4v) is 4.97. The van der Waals surface area contributed by atoms with Gasteiger partial charge in [-0.25, -0.2) is 21.5 Å². The van der Waals surface area contributed by atoms with Gasteiger partial charge in [-0.3, -0.25) is 0 Å². The highest BCUT2D eigenvalue weighted by atomic mass is 32.2. The summed E-state index contributed by atoms with van der Waals surface area (Å²) >= 11 is 0. The summed E-state index contributed by atoms with van der Waals surface area (Å²) in [6.45, 7) is 0.660. The van der Waals surface area contributed by atoms with Crippen LogP contribution in [0.2, 0.25) is 0 Å². The van der Waals surface area contributed by atoms with E-state index in [0.29, 0.717) is 48.8 Å². The van der Waals surface area contributed by atoms with Crippen molar-refractivity contribution in [3.05, 3.63) is 71.6 Å². The lowest BCUT2D eigenvalue weighted by Gasteiger charge is -2.29. The predicted molar refractivity (Wildman–Crippen MR) is 102 cm³/mol. The van der Waals surface area contributed by atoms with Crippen LogP contribution in [0.25, 0.3) is 11.5 Å². The van der Waals surface area contributed by atoms with Gasteiger partial charge in [-0.2, -0.15) is 0 Å². The van der Waals surface area contributed by atoms with Gasteiger partial charge in [-0.15, -0.1) is 10.2 Å². The van der Waals surface area contributed by atoms with Crippen LogP contribution in [0, 0.1) is 11.6 Å². The second kappa shape index (κ2) is 8.00. The molecular weight excluding hydrogens is 400 g/mol. The molecule has 3 aromatic rings. The maximum atomic E-state index is 13.3. The van der Waals surface area contributed by atoms with Crippen molar-refractivity contribution in [2.45, 2.75) is 24.5 Å². The lowest BCUT2D eigenvalue weighted by Crippen LogP contribution is -2.38. The van der Waals surface area contributed by atoms with Crippen LogP contribution < -0.4 is 0 Å². The van der Waals surface area contributed by atoms with Gasteiger partial charge in [0, 0.05) is 24.6 Å². The molecule has 0 spiro atoms. The third-order valence-corrected chi connectivity index (χ3v) is 6.82. The molecule has 2 heterocycles. The first-order valence-corrected chi connectivity index (χ1v) is 10.8. The quantitative estimate of drug-likeness (QED) is 0.630. The molecule has 0 unspecified atom stereocenters. The molecule has 0 N–H and O–H groups in total. The standard InChI is InChI=1S/C20H19F2N3O3S/c21-17-6-4-15(5-7-17)19-23-24-20(28-19)16-8-10-25(11-9-16)29(26,27)13-14-2-1-3-18(22)12-14/h1-7,12,16H,8-11,13H2. The number of hydrogen-bond acceptors (Lipinski definition) is 5. The van der Waals surface area contributed by atoms with Crippen LogP contribution in [0.1, 0.15) is 30.2 Å². The van der Waals surface area contributed by atoms with E-state index in [0.717, 1.165) is 0 Å². The minimum absolute atomic E-state index is 0.0441. The first-order chi connectivity index (χ1) is 13.9. The van der Waals surface area contributed by atoms with Crippen molar-refractivity contribution in [3.8, 4) is 11.5 Å². The second-order valence-electron chi connectivity index (χ2n) is 7.01. The van der Waals surface area contributed by atoms with Gasteiger partial charge >= 0.3 is 0 Å². The minimum Gasteiger partial charge on any atom is -0.420 e. The minimum atomic E-state index is -3.54. The molecule has 9 heteroatoms. The van der Waals surface area contributed by atoms with Crippen molar-refractivity contribution in [2.24, 2.45) is 0 Å². The Labute approximate surface area is 167 Å². The normalized spacial score (nSPS) is 16.2. The fourth-order valence-electron chi connectivity index (χ4n) is 3.42. The Balaban J connectivity index is 1.40. The molecule has 1 aliphatic heterocycles. The maximum Gasteiger partial charge on any atom is 0.247 e. The molecule has 0 amide bonds. The molecule has 0 aliphatic carbocycles. The second-order valence-corrected chi connectivity index (χ2v) is 8.98. The lowest BCUT2D eigenvalue weighted by molar-refractivity contribution is 0.291. The van der Waals surface area contributed by atoms with Crippen LogP contribution in [-0.2, 0) is 15.8 Å². The fraction of sp³-hybridized carbons (Fsp3) is 0.300. The van der Waals surface area contributed by atoms with Crippen LogP contribution in [0.15, 0.2) is 52.9 Å². The van der Waals surface area contributed by atoms with E-state index in [4.69, 9.17) is 4.42 Å². The summed E-state index contributed by atoms with van der Waals surface area (Å²) < 4.78 is 58.8. The van der Waals surface area contributed by atoms with E-state index in [9.17, 15) is 17.2 Å². The molecule has 1 fully saturated rings. The van der Waals surface area contributed by atoms with Crippen LogP contribution >= 0.6 is 0 Å². The van der Waals surface area contributed by atoms with Gasteiger partial charge in [0.05, 0.1) is 5.75 Å². The van der Waals surface area contributed by atoms with Crippen LogP contribution in [0.5, 0.6) is 0 Å². The van der Waals surface area contributed by atoms with Gasteiger partial charge in [0.1, 0.15) is 11.6 Å². The maximum absolute atomic E-state index is 13.3. The summed E-state index contributed by atoms with van der Waals surface area (Å²) in [5, 5.41) is 8.10. The number of benzene rings is 2. The largest absolute Gasteiger partial charge is 0.420 e.